The molecule has 1 saturated heterocycles. The standard InChI is InChI=1S/C21H34N2O2/c1-3-4-15-25-20-7-5-18(6-8-20)9-14-23-21(24)16-17(2)19-10-12-22-13-11-19/h5-8,17,19,22H,3-4,9-16H2,1-2H3,(H,23,24). The van der Waals surface area contributed by atoms with Crippen LogP contribution in [0.15, 0.2) is 24.3 Å². The van der Waals surface area contributed by atoms with Gasteiger partial charge in [0.05, 0.1) is 6.61 Å². The Bertz CT molecular complexity index is 495. The highest BCUT2D eigenvalue weighted by molar-refractivity contribution is 5.76. The number of unbranched alkanes of at least 4 members (excludes halogenated alkanes) is 1. The number of hydrogen-bond acceptors (Lipinski definition) is 3. The van der Waals surface area contributed by atoms with Crippen molar-refractivity contribution >= 4 is 5.91 Å². The van der Waals surface area contributed by atoms with Gasteiger partial charge in [0, 0.05) is 13.0 Å². The van der Waals surface area contributed by atoms with Gasteiger partial charge in [-0.3, -0.25) is 4.79 Å². The van der Waals surface area contributed by atoms with Crippen molar-refractivity contribution in [3.05, 3.63) is 29.8 Å². The number of benzene rings is 1. The van der Waals surface area contributed by atoms with Gasteiger partial charge in [-0.05, 0) is 68.3 Å². The summed E-state index contributed by atoms with van der Waals surface area (Å²) in [6.45, 7) is 8.04. The molecule has 1 aromatic carbocycles. The van der Waals surface area contributed by atoms with E-state index in [4.69, 9.17) is 4.74 Å². The van der Waals surface area contributed by atoms with E-state index < -0.39 is 0 Å². The molecule has 25 heavy (non-hydrogen) atoms. The minimum absolute atomic E-state index is 0.186. The van der Waals surface area contributed by atoms with E-state index in [0.29, 0.717) is 24.8 Å². The van der Waals surface area contributed by atoms with Crippen LogP contribution in [0.5, 0.6) is 5.75 Å². The van der Waals surface area contributed by atoms with E-state index in [-0.39, 0.29) is 5.91 Å². The van der Waals surface area contributed by atoms with Crippen LogP contribution in [-0.4, -0.2) is 32.1 Å². The summed E-state index contributed by atoms with van der Waals surface area (Å²) < 4.78 is 5.67. The molecule has 1 amide bonds. The molecule has 2 N–H and O–H groups in total. The van der Waals surface area contributed by atoms with Crippen LogP contribution >= 0.6 is 0 Å². The predicted octanol–water partition coefficient (Wildman–Crippen LogP) is 3.55. The fourth-order valence-electron chi connectivity index (χ4n) is 3.38. The van der Waals surface area contributed by atoms with Gasteiger partial charge in [0.1, 0.15) is 5.75 Å². The highest BCUT2D eigenvalue weighted by atomic mass is 16.5. The van der Waals surface area contributed by atoms with Crippen LogP contribution in [0, 0.1) is 11.8 Å². The lowest BCUT2D eigenvalue weighted by molar-refractivity contribution is -0.122. The maximum absolute atomic E-state index is 12.1. The third-order valence-electron chi connectivity index (χ3n) is 5.12. The second-order valence-corrected chi connectivity index (χ2v) is 7.21. The lowest BCUT2D eigenvalue weighted by atomic mass is 9.84. The lowest BCUT2D eigenvalue weighted by Gasteiger charge is -2.27. The highest BCUT2D eigenvalue weighted by Gasteiger charge is 2.21. The Morgan fingerprint density at radius 3 is 2.68 bits per heavy atom. The summed E-state index contributed by atoms with van der Waals surface area (Å²) in [7, 11) is 0. The molecule has 1 aliphatic heterocycles. The average molecular weight is 347 g/mol. The Labute approximate surface area is 152 Å². The first-order valence-corrected chi connectivity index (χ1v) is 9.88. The molecule has 0 spiro atoms. The summed E-state index contributed by atoms with van der Waals surface area (Å²) in [6, 6.07) is 8.22. The molecule has 1 fully saturated rings. The predicted molar refractivity (Wildman–Crippen MR) is 103 cm³/mol. The first kappa shape index (κ1) is 19.8. The minimum Gasteiger partial charge on any atom is -0.494 e. The molecule has 1 heterocycles. The van der Waals surface area contributed by atoms with Crippen LogP contribution < -0.4 is 15.4 Å². The molecule has 1 unspecified atom stereocenters. The third-order valence-corrected chi connectivity index (χ3v) is 5.12. The van der Waals surface area contributed by atoms with Crippen molar-refractivity contribution in [3.63, 3.8) is 0 Å². The second kappa shape index (κ2) is 11.1. The molecular formula is C21H34N2O2. The van der Waals surface area contributed by atoms with Crippen LogP contribution in [0.3, 0.4) is 0 Å². The number of amides is 1. The lowest BCUT2D eigenvalue weighted by Crippen LogP contribution is -2.34. The van der Waals surface area contributed by atoms with Gasteiger partial charge < -0.3 is 15.4 Å². The van der Waals surface area contributed by atoms with Crippen LogP contribution in [0.1, 0.15) is 51.5 Å². The fraction of sp³-hybridized carbons (Fsp3) is 0.667. The molecule has 1 aromatic rings. The molecule has 1 aliphatic rings. The third kappa shape index (κ3) is 7.47. The molecular weight excluding hydrogens is 312 g/mol. The molecule has 140 valence electrons. The van der Waals surface area contributed by atoms with Gasteiger partial charge in [-0.1, -0.05) is 32.4 Å². The molecule has 1 atom stereocenters. The van der Waals surface area contributed by atoms with E-state index >= 15 is 0 Å². The summed E-state index contributed by atoms with van der Waals surface area (Å²) in [5, 5.41) is 6.46. The van der Waals surface area contributed by atoms with E-state index in [1.54, 1.807) is 0 Å². The monoisotopic (exact) mass is 346 g/mol. The van der Waals surface area contributed by atoms with Gasteiger partial charge in [-0.25, -0.2) is 0 Å². The summed E-state index contributed by atoms with van der Waals surface area (Å²) in [5.74, 6) is 2.27. The minimum atomic E-state index is 0.186. The number of hydrogen-bond donors (Lipinski definition) is 2. The maximum atomic E-state index is 12.1. The van der Waals surface area contributed by atoms with Crippen LogP contribution in [0.4, 0.5) is 0 Å². The first-order chi connectivity index (χ1) is 12.2. The first-order valence-electron chi connectivity index (χ1n) is 9.88. The van der Waals surface area contributed by atoms with Gasteiger partial charge in [0.15, 0.2) is 0 Å². The Hall–Kier alpha value is -1.55. The summed E-state index contributed by atoms with van der Waals surface area (Å²) in [5.41, 5.74) is 1.23. The molecule has 0 aliphatic carbocycles. The van der Waals surface area contributed by atoms with Crippen molar-refractivity contribution in [2.24, 2.45) is 11.8 Å². The van der Waals surface area contributed by atoms with Crippen LogP contribution in [0.2, 0.25) is 0 Å². The van der Waals surface area contributed by atoms with E-state index in [9.17, 15) is 4.79 Å². The topological polar surface area (TPSA) is 50.4 Å². The average Bonchev–Trinajstić information content (AvgIpc) is 2.64. The van der Waals surface area contributed by atoms with Gasteiger partial charge in [0.25, 0.3) is 0 Å². The van der Waals surface area contributed by atoms with E-state index in [1.807, 2.05) is 12.1 Å². The molecule has 0 aromatic heterocycles. The van der Waals surface area contributed by atoms with Crippen molar-refractivity contribution in [2.45, 2.75) is 52.4 Å². The molecule has 4 nitrogen and oxygen atoms in total. The molecule has 0 bridgehead atoms. The summed E-state index contributed by atoms with van der Waals surface area (Å²) in [4.78, 5) is 12.1. The van der Waals surface area contributed by atoms with Gasteiger partial charge in [-0.15, -0.1) is 0 Å². The van der Waals surface area contributed by atoms with Crippen LogP contribution in [-0.2, 0) is 11.2 Å². The molecule has 2 rings (SSSR count). The van der Waals surface area contributed by atoms with E-state index in [1.165, 1.54) is 18.4 Å². The van der Waals surface area contributed by atoms with Crippen molar-refractivity contribution in [3.8, 4) is 5.75 Å². The van der Waals surface area contributed by atoms with Gasteiger partial charge in [-0.2, -0.15) is 0 Å². The summed E-state index contributed by atoms with van der Waals surface area (Å²) in [6.07, 6.45) is 6.14. The quantitative estimate of drug-likeness (QED) is 0.637. The zero-order valence-corrected chi connectivity index (χ0v) is 15.9. The molecule has 0 radical (unpaired) electrons. The molecule has 0 saturated carbocycles. The number of carbonyl (C=O) groups excluding carboxylic acids is 1. The van der Waals surface area contributed by atoms with Gasteiger partial charge in [0.2, 0.25) is 5.91 Å². The van der Waals surface area contributed by atoms with Crippen molar-refractivity contribution in [2.75, 3.05) is 26.2 Å². The number of piperidine rings is 1. The fourth-order valence-corrected chi connectivity index (χ4v) is 3.38. The van der Waals surface area contributed by atoms with Crippen molar-refractivity contribution in [1.82, 2.24) is 10.6 Å². The van der Waals surface area contributed by atoms with Crippen LogP contribution in [0.25, 0.3) is 0 Å². The highest BCUT2D eigenvalue weighted by Crippen LogP contribution is 2.24. The Morgan fingerprint density at radius 2 is 2.00 bits per heavy atom. The number of nitrogens with one attached hydrogen (secondary N) is 2. The van der Waals surface area contributed by atoms with Crippen molar-refractivity contribution < 1.29 is 9.53 Å². The normalized spacial score (nSPS) is 16.4. The van der Waals surface area contributed by atoms with E-state index in [0.717, 1.165) is 44.7 Å². The second-order valence-electron chi connectivity index (χ2n) is 7.21. The zero-order chi connectivity index (χ0) is 17.9. The van der Waals surface area contributed by atoms with E-state index in [2.05, 4.69) is 36.6 Å². The Morgan fingerprint density at radius 1 is 1.28 bits per heavy atom. The molecule has 4 heteroatoms. The summed E-state index contributed by atoms with van der Waals surface area (Å²) >= 11 is 0. The maximum Gasteiger partial charge on any atom is 0.220 e. The Kier molecular flexibility index (Phi) is 8.81. The smallest absolute Gasteiger partial charge is 0.220 e. The largest absolute Gasteiger partial charge is 0.494 e. The number of ether oxygens (including phenoxy) is 1. The van der Waals surface area contributed by atoms with Gasteiger partial charge >= 0.3 is 0 Å². The SMILES string of the molecule is CCCCOc1ccc(CCNC(=O)CC(C)C2CCNCC2)cc1. The zero-order valence-electron chi connectivity index (χ0n) is 15.9. The van der Waals surface area contributed by atoms with Crippen molar-refractivity contribution in [1.29, 1.82) is 0 Å². The Balaban J connectivity index is 1.63. The number of carbonyl (C=O) groups is 1. The number of rotatable bonds is 10.